The Hall–Kier alpha value is -3.41. The van der Waals surface area contributed by atoms with Gasteiger partial charge in [0.25, 0.3) is 0 Å². The molecule has 1 aliphatic carbocycles. The van der Waals surface area contributed by atoms with Gasteiger partial charge >= 0.3 is 0 Å². The van der Waals surface area contributed by atoms with E-state index in [2.05, 4.69) is 32.5 Å². The van der Waals surface area contributed by atoms with Crippen molar-refractivity contribution in [3.63, 3.8) is 0 Å². The number of nitrogens with two attached hydrogens (primary N) is 1. The first kappa shape index (κ1) is 18.9. The largest absolute Gasteiger partial charge is 0.383 e. The number of hydrogen-bond acceptors (Lipinski definition) is 4. The molecule has 4 rings (SSSR count). The second-order valence-corrected chi connectivity index (χ2v) is 7.44. The minimum Gasteiger partial charge on any atom is -0.383 e. The van der Waals surface area contributed by atoms with Gasteiger partial charge in [0.15, 0.2) is 0 Å². The molecule has 0 fully saturated rings. The molecule has 3 N–H and O–H groups in total. The van der Waals surface area contributed by atoms with E-state index < -0.39 is 0 Å². The lowest BCUT2D eigenvalue weighted by Crippen LogP contribution is -2.07. The van der Waals surface area contributed by atoms with Crippen molar-refractivity contribution >= 4 is 34.0 Å². The summed E-state index contributed by atoms with van der Waals surface area (Å²) in [5, 5.41) is 3.74. The number of nitrogens with one attached hydrogen (secondary N) is 1. The molecule has 0 atom stereocenters. The van der Waals surface area contributed by atoms with Crippen LogP contribution in [-0.2, 0) is 11.8 Å². The number of benzene rings is 1. The van der Waals surface area contributed by atoms with Gasteiger partial charge in [0.2, 0.25) is 5.91 Å². The van der Waals surface area contributed by atoms with Crippen LogP contribution in [0, 0.1) is 6.92 Å². The summed E-state index contributed by atoms with van der Waals surface area (Å²) in [5.41, 5.74) is 13.5. The van der Waals surface area contributed by atoms with Crippen LogP contribution in [0.25, 0.3) is 27.9 Å². The van der Waals surface area contributed by atoms with Crippen molar-refractivity contribution in [3.8, 4) is 11.3 Å². The Kier molecular flexibility index (Phi) is 4.92. The Morgan fingerprint density at radius 3 is 2.83 bits per heavy atom. The maximum Gasteiger partial charge on any atom is 0.247 e. The minimum absolute atomic E-state index is 0.224. The number of aryl methyl sites for hydroxylation is 2. The molecule has 6 heteroatoms. The Bertz CT molecular complexity index is 1160. The molecule has 0 radical (unpaired) electrons. The summed E-state index contributed by atoms with van der Waals surface area (Å²) in [6.45, 7) is 5.55. The van der Waals surface area contributed by atoms with E-state index in [-0.39, 0.29) is 5.91 Å². The number of hydrogen-bond donors (Lipinski definition) is 2. The molecule has 29 heavy (non-hydrogen) atoms. The van der Waals surface area contributed by atoms with Crippen molar-refractivity contribution in [1.82, 2.24) is 14.5 Å². The smallest absolute Gasteiger partial charge is 0.247 e. The Morgan fingerprint density at radius 2 is 2.14 bits per heavy atom. The highest BCUT2D eigenvalue weighted by atomic mass is 16.1. The molecule has 1 aromatic carbocycles. The van der Waals surface area contributed by atoms with E-state index in [4.69, 9.17) is 5.73 Å². The first-order valence-electron chi connectivity index (χ1n) is 9.84. The molecule has 1 amide bonds. The topological polar surface area (TPSA) is 85.8 Å². The molecule has 6 nitrogen and oxygen atoms in total. The summed E-state index contributed by atoms with van der Waals surface area (Å²) in [6.07, 6.45) is 9.58. The SMILES string of the molecule is C=CC(=O)Nc1ccc(-c2c(C3=CCCCC3)c3c(N)ncnc3n2C)c(C)c1. The van der Waals surface area contributed by atoms with Gasteiger partial charge in [-0.2, -0.15) is 0 Å². The predicted octanol–water partition coefficient (Wildman–Crippen LogP) is 4.61. The predicted molar refractivity (Wildman–Crippen MR) is 118 cm³/mol. The summed E-state index contributed by atoms with van der Waals surface area (Å²) in [5.74, 6) is 0.281. The maximum atomic E-state index is 11.6. The van der Waals surface area contributed by atoms with Gasteiger partial charge in [-0.05, 0) is 62.0 Å². The fraction of sp³-hybridized carbons (Fsp3) is 0.261. The van der Waals surface area contributed by atoms with E-state index in [9.17, 15) is 4.79 Å². The molecule has 0 bridgehead atoms. The van der Waals surface area contributed by atoms with E-state index in [0.29, 0.717) is 5.82 Å². The third kappa shape index (κ3) is 3.31. The number of carbonyl (C=O) groups excluding carboxylic acids is 1. The molecule has 3 aromatic rings. The molecule has 2 heterocycles. The minimum atomic E-state index is -0.224. The standard InChI is InChI=1S/C23H25N5O/c1-4-18(29)27-16-10-11-17(14(2)12-16)21-19(15-8-6-5-7-9-15)20-22(24)25-13-26-23(20)28(21)3/h4,8,10-13H,1,5-7,9H2,2-3H3,(H,27,29)(H2,24,25,26). The zero-order chi connectivity index (χ0) is 20.5. The zero-order valence-electron chi connectivity index (χ0n) is 16.8. The highest BCUT2D eigenvalue weighted by molar-refractivity contribution is 6.05. The second-order valence-electron chi connectivity index (χ2n) is 7.44. The van der Waals surface area contributed by atoms with E-state index in [1.807, 2.05) is 32.2 Å². The number of carbonyl (C=O) groups is 1. The van der Waals surface area contributed by atoms with E-state index >= 15 is 0 Å². The maximum absolute atomic E-state index is 11.6. The fourth-order valence-electron chi connectivity index (χ4n) is 4.17. The van der Waals surface area contributed by atoms with Crippen LogP contribution in [0.15, 0.2) is 43.3 Å². The molecule has 0 unspecified atom stereocenters. The summed E-state index contributed by atoms with van der Waals surface area (Å²) in [6, 6.07) is 5.93. The third-order valence-electron chi connectivity index (χ3n) is 5.54. The molecule has 1 aliphatic rings. The van der Waals surface area contributed by atoms with Crippen LogP contribution in [-0.4, -0.2) is 20.4 Å². The summed E-state index contributed by atoms with van der Waals surface area (Å²) >= 11 is 0. The third-order valence-corrected chi connectivity index (χ3v) is 5.54. The summed E-state index contributed by atoms with van der Waals surface area (Å²) in [4.78, 5) is 20.4. The highest BCUT2D eigenvalue weighted by Crippen LogP contribution is 2.42. The van der Waals surface area contributed by atoms with Crippen LogP contribution in [0.4, 0.5) is 11.5 Å². The second kappa shape index (κ2) is 7.54. The van der Waals surface area contributed by atoms with E-state index in [1.54, 1.807) is 0 Å². The van der Waals surface area contributed by atoms with Crippen LogP contribution >= 0.6 is 0 Å². The van der Waals surface area contributed by atoms with Crippen LogP contribution in [0.3, 0.4) is 0 Å². The summed E-state index contributed by atoms with van der Waals surface area (Å²) < 4.78 is 2.10. The average molecular weight is 387 g/mol. The van der Waals surface area contributed by atoms with Gasteiger partial charge in [-0.15, -0.1) is 0 Å². The number of rotatable bonds is 4. The van der Waals surface area contributed by atoms with Gasteiger partial charge in [-0.3, -0.25) is 4.79 Å². The lowest BCUT2D eigenvalue weighted by molar-refractivity contribution is -0.111. The highest BCUT2D eigenvalue weighted by Gasteiger charge is 2.24. The van der Waals surface area contributed by atoms with Crippen molar-refractivity contribution < 1.29 is 4.79 Å². The number of fused-ring (bicyclic) bond motifs is 1. The molecule has 0 aliphatic heterocycles. The van der Waals surface area contributed by atoms with E-state index in [1.165, 1.54) is 30.8 Å². The number of nitrogen functional groups attached to an aromatic ring is 1. The lowest BCUT2D eigenvalue weighted by Gasteiger charge is -2.17. The number of allylic oxidation sites excluding steroid dienone is 2. The number of amides is 1. The normalized spacial score (nSPS) is 13.9. The lowest BCUT2D eigenvalue weighted by atomic mass is 9.89. The van der Waals surface area contributed by atoms with Gasteiger partial charge in [-0.1, -0.05) is 18.7 Å². The quantitative estimate of drug-likeness (QED) is 0.640. The van der Waals surface area contributed by atoms with Gasteiger partial charge < -0.3 is 15.6 Å². The molecule has 0 saturated heterocycles. The average Bonchev–Trinajstić information content (AvgIpc) is 3.02. The van der Waals surface area contributed by atoms with Crippen LogP contribution in [0.5, 0.6) is 0 Å². The summed E-state index contributed by atoms with van der Waals surface area (Å²) in [7, 11) is 2.02. The van der Waals surface area contributed by atoms with Gasteiger partial charge in [0, 0.05) is 23.9 Å². The monoisotopic (exact) mass is 387 g/mol. The van der Waals surface area contributed by atoms with Crippen LogP contribution in [0.1, 0.15) is 36.8 Å². The number of nitrogens with zero attached hydrogens (tertiary/aromatic N) is 3. The van der Waals surface area contributed by atoms with Crippen molar-refractivity contribution in [1.29, 1.82) is 0 Å². The number of aromatic nitrogens is 3. The first-order valence-corrected chi connectivity index (χ1v) is 9.84. The number of anilines is 2. The molecule has 2 aromatic heterocycles. The zero-order valence-corrected chi connectivity index (χ0v) is 16.8. The van der Waals surface area contributed by atoms with Crippen molar-refractivity contribution in [2.75, 3.05) is 11.1 Å². The Morgan fingerprint density at radius 1 is 1.31 bits per heavy atom. The molecule has 0 saturated carbocycles. The molecular weight excluding hydrogens is 362 g/mol. The van der Waals surface area contributed by atoms with Gasteiger partial charge in [0.1, 0.15) is 17.8 Å². The van der Waals surface area contributed by atoms with E-state index in [0.717, 1.165) is 51.9 Å². The Labute approximate surface area is 170 Å². The van der Waals surface area contributed by atoms with Crippen LogP contribution < -0.4 is 11.1 Å². The van der Waals surface area contributed by atoms with Crippen molar-refractivity contribution in [3.05, 3.63) is 54.4 Å². The van der Waals surface area contributed by atoms with Gasteiger partial charge in [0.05, 0.1) is 11.1 Å². The van der Waals surface area contributed by atoms with Gasteiger partial charge in [-0.25, -0.2) is 9.97 Å². The van der Waals surface area contributed by atoms with Crippen molar-refractivity contribution in [2.45, 2.75) is 32.6 Å². The van der Waals surface area contributed by atoms with Crippen LogP contribution in [0.2, 0.25) is 0 Å². The first-order chi connectivity index (χ1) is 14.0. The molecule has 0 spiro atoms. The molecule has 148 valence electrons. The fourth-order valence-corrected chi connectivity index (χ4v) is 4.17. The molecular formula is C23H25N5O. The van der Waals surface area contributed by atoms with Crippen molar-refractivity contribution in [2.24, 2.45) is 7.05 Å². The Balaban J connectivity index is 1.95.